The van der Waals surface area contributed by atoms with Gasteiger partial charge >= 0.3 is 0 Å². The predicted molar refractivity (Wildman–Crippen MR) is 142 cm³/mol. The molecule has 0 spiro atoms. The van der Waals surface area contributed by atoms with Crippen LogP contribution in [0.4, 0.5) is 16.4 Å². The van der Waals surface area contributed by atoms with Gasteiger partial charge in [0.25, 0.3) is 11.6 Å². The van der Waals surface area contributed by atoms with Gasteiger partial charge in [0, 0.05) is 33.2 Å². The normalized spacial score (nSPS) is 15.3. The molecule has 2 N–H and O–H groups in total. The Morgan fingerprint density at radius 3 is 2.75 bits per heavy atom. The molecule has 184 valence electrons. The first kappa shape index (κ1) is 25.4. The van der Waals surface area contributed by atoms with Crippen LogP contribution in [0, 0.1) is 27.4 Å². The Morgan fingerprint density at radius 1 is 1.22 bits per heavy atom. The van der Waals surface area contributed by atoms with E-state index >= 15 is 0 Å². The molecule has 2 atom stereocenters. The van der Waals surface area contributed by atoms with E-state index in [4.69, 9.17) is 0 Å². The van der Waals surface area contributed by atoms with Gasteiger partial charge in [-0.05, 0) is 61.9 Å². The van der Waals surface area contributed by atoms with Crippen molar-refractivity contribution in [1.82, 2.24) is 0 Å². The number of carbonyl (C=O) groups excluding carboxylic acids is 2. The third kappa shape index (κ3) is 5.75. The van der Waals surface area contributed by atoms with Crippen LogP contribution in [0.25, 0.3) is 0 Å². The number of nitro benzene ring substituents is 1. The molecule has 2 unspecified atom stereocenters. The van der Waals surface area contributed by atoms with Gasteiger partial charge in [-0.25, -0.2) is 0 Å². The number of non-ortho nitro benzene ring substituents is 1. The van der Waals surface area contributed by atoms with Crippen LogP contribution in [-0.4, -0.2) is 22.0 Å². The van der Waals surface area contributed by atoms with Crippen LogP contribution in [-0.2, 0) is 17.6 Å². The molecule has 2 aromatic carbocycles. The molecule has 0 saturated heterocycles. The minimum Gasteiger partial charge on any atom is -0.322 e. The van der Waals surface area contributed by atoms with Crippen molar-refractivity contribution in [2.24, 2.45) is 5.92 Å². The number of benzene rings is 2. The molecule has 8 nitrogen and oxygen atoms in total. The zero-order valence-corrected chi connectivity index (χ0v) is 21.4. The van der Waals surface area contributed by atoms with Crippen LogP contribution >= 0.6 is 23.1 Å². The van der Waals surface area contributed by atoms with Crippen LogP contribution in [0.1, 0.15) is 46.6 Å². The summed E-state index contributed by atoms with van der Waals surface area (Å²) in [5, 5.41) is 26.5. The second-order valence-electron chi connectivity index (χ2n) is 8.71. The number of fused-ring (bicyclic) bond motifs is 1. The lowest BCUT2D eigenvalue weighted by Gasteiger charge is -2.17. The number of hydrogen-bond donors (Lipinski definition) is 2. The number of nitro groups is 1. The lowest BCUT2D eigenvalue weighted by atomic mass is 9.89. The van der Waals surface area contributed by atoms with E-state index in [2.05, 4.69) is 23.6 Å². The number of nitriles is 1. The van der Waals surface area contributed by atoms with Gasteiger partial charge in [0.05, 0.1) is 15.7 Å². The summed E-state index contributed by atoms with van der Waals surface area (Å²) >= 11 is 2.83. The molecule has 0 aliphatic heterocycles. The Morgan fingerprint density at radius 2 is 2.00 bits per heavy atom. The second kappa shape index (κ2) is 10.9. The van der Waals surface area contributed by atoms with Crippen molar-refractivity contribution in [3.05, 3.63) is 80.2 Å². The van der Waals surface area contributed by atoms with Crippen molar-refractivity contribution >= 4 is 51.3 Å². The average molecular weight is 521 g/mol. The maximum Gasteiger partial charge on any atom is 0.270 e. The number of anilines is 2. The highest BCUT2D eigenvalue weighted by atomic mass is 32.2. The lowest BCUT2D eigenvalue weighted by Crippen LogP contribution is -2.22. The molecule has 36 heavy (non-hydrogen) atoms. The first-order valence-corrected chi connectivity index (χ1v) is 13.1. The van der Waals surface area contributed by atoms with Gasteiger partial charge in [-0.15, -0.1) is 23.1 Å². The first-order valence-electron chi connectivity index (χ1n) is 11.4. The van der Waals surface area contributed by atoms with Crippen molar-refractivity contribution in [2.75, 3.05) is 10.6 Å². The zero-order valence-electron chi connectivity index (χ0n) is 19.7. The number of thiophene rings is 1. The summed E-state index contributed by atoms with van der Waals surface area (Å²) < 4.78 is 0. The predicted octanol–water partition coefficient (Wildman–Crippen LogP) is 6.02. The van der Waals surface area contributed by atoms with E-state index in [9.17, 15) is 25.0 Å². The molecule has 4 rings (SSSR count). The van der Waals surface area contributed by atoms with Crippen LogP contribution in [0.15, 0.2) is 53.4 Å². The molecule has 2 amide bonds. The van der Waals surface area contributed by atoms with E-state index in [0.717, 1.165) is 29.7 Å². The topological polar surface area (TPSA) is 125 Å². The van der Waals surface area contributed by atoms with E-state index in [1.807, 2.05) is 6.07 Å². The van der Waals surface area contributed by atoms with E-state index < -0.39 is 16.1 Å². The van der Waals surface area contributed by atoms with E-state index in [1.54, 1.807) is 25.1 Å². The highest BCUT2D eigenvalue weighted by molar-refractivity contribution is 8.00. The standard InChI is InChI=1S/C26H24N4O4S2/c1-15-9-10-21-22(14-27)26(36-23(21)11-15)29-24(31)16(2)35-20-8-4-6-18(13-20)28-25(32)17-5-3-7-19(12-17)30(33)34/h3-8,12-13,15-16H,9-11H2,1-2H3,(H,28,32)(H,29,31). The quantitative estimate of drug-likeness (QED) is 0.223. The van der Waals surface area contributed by atoms with Crippen LogP contribution in [0.3, 0.4) is 0 Å². The van der Waals surface area contributed by atoms with Gasteiger partial charge in [-0.1, -0.05) is 19.1 Å². The number of amides is 2. The van der Waals surface area contributed by atoms with Crippen LogP contribution in [0.5, 0.6) is 0 Å². The number of nitrogens with one attached hydrogen (secondary N) is 2. The minimum absolute atomic E-state index is 0.160. The summed E-state index contributed by atoms with van der Waals surface area (Å²) in [5.74, 6) is -0.0914. The number of thioether (sulfide) groups is 1. The van der Waals surface area contributed by atoms with Gasteiger partial charge in [0.15, 0.2) is 0 Å². The fourth-order valence-corrected chi connectivity index (χ4v) is 6.33. The smallest absolute Gasteiger partial charge is 0.270 e. The van der Waals surface area contributed by atoms with E-state index in [-0.39, 0.29) is 17.2 Å². The zero-order chi connectivity index (χ0) is 25.8. The van der Waals surface area contributed by atoms with E-state index in [0.29, 0.717) is 22.2 Å². The van der Waals surface area contributed by atoms with Crippen molar-refractivity contribution < 1.29 is 14.5 Å². The van der Waals surface area contributed by atoms with Crippen LogP contribution in [0.2, 0.25) is 0 Å². The maximum absolute atomic E-state index is 12.9. The largest absolute Gasteiger partial charge is 0.322 e. The SMILES string of the molecule is CC1CCc2c(sc(NC(=O)C(C)Sc3cccc(NC(=O)c4cccc([N+](=O)[O-])c4)c3)c2C#N)C1. The van der Waals surface area contributed by atoms with Crippen molar-refractivity contribution in [3.63, 3.8) is 0 Å². The highest BCUT2D eigenvalue weighted by Crippen LogP contribution is 2.39. The van der Waals surface area contributed by atoms with Gasteiger partial charge in [-0.3, -0.25) is 19.7 Å². The second-order valence-corrected chi connectivity index (χ2v) is 11.2. The molecule has 0 bridgehead atoms. The molecule has 0 radical (unpaired) electrons. The molecule has 1 aromatic heterocycles. The first-order chi connectivity index (χ1) is 17.2. The Hall–Kier alpha value is -3.68. The third-order valence-corrected chi connectivity index (χ3v) is 8.22. The van der Waals surface area contributed by atoms with Gasteiger partial charge < -0.3 is 10.6 Å². The average Bonchev–Trinajstić information content (AvgIpc) is 3.19. The summed E-state index contributed by atoms with van der Waals surface area (Å²) in [5.41, 5.74) is 2.18. The fraction of sp³-hybridized carbons (Fsp3) is 0.269. The number of carbonyl (C=O) groups is 2. The number of hydrogen-bond acceptors (Lipinski definition) is 7. The Kier molecular flexibility index (Phi) is 7.72. The Labute approximate surface area is 216 Å². The monoisotopic (exact) mass is 520 g/mol. The van der Waals surface area contributed by atoms with Crippen molar-refractivity contribution in [3.8, 4) is 6.07 Å². The molecule has 1 heterocycles. The Balaban J connectivity index is 1.41. The third-order valence-electron chi connectivity index (χ3n) is 5.95. The van der Waals surface area contributed by atoms with Crippen molar-refractivity contribution in [1.29, 1.82) is 5.26 Å². The minimum atomic E-state index is -0.550. The van der Waals surface area contributed by atoms with Gasteiger partial charge in [-0.2, -0.15) is 5.26 Å². The van der Waals surface area contributed by atoms with Gasteiger partial charge in [0.2, 0.25) is 5.91 Å². The van der Waals surface area contributed by atoms with E-state index in [1.165, 1.54) is 52.2 Å². The lowest BCUT2D eigenvalue weighted by molar-refractivity contribution is -0.384. The molecule has 10 heteroatoms. The summed E-state index contributed by atoms with van der Waals surface area (Å²) in [6.45, 7) is 3.99. The molecule has 1 aliphatic carbocycles. The highest BCUT2D eigenvalue weighted by Gasteiger charge is 2.26. The summed E-state index contributed by atoms with van der Waals surface area (Å²) in [6, 6.07) is 14.8. The fourth-order valence-electron chi connectivity index (χ4n) is 4.04. The number of rotatable bonds is 7. The summed E-state index contributed by atoms with van der Waals surface area (Å²) in [4.78, 5) is 37.9. The molecule has 0 fully saturated rings. The molecular weight excluding hydrogens is 496 g/mol. The molecule has 0 saturated carbocycles. The molecule has 3 aromatic rings. The summed E-state index contributed by atoms with van der Waals surface area (Å²) in [7, 11) is 0. The molecule has 1 aliphatic rings. The summed E-state index contributed by atoms with van der Waals surface area (Å²) in [6.07, 6.45) is 2.85. The van der Waals surface area contributed by atoms with Crippen molar-refractivity contribution in [2.45, 2.75) is 43.3 Å². The molecular formula is C26H24N4O4S2. The Bertz CT molecular complexity index is 1380. The van der Waals surface area contributed by atoms with Crippen LogP contribution < -0.4 is 10.6 Å². The maximum atomic E-state index is 12.9. The van der Waals surface area contributed by atoms with Gasteiger partial charge in [0.1, 0.15) is 11.1 Å². The number of nitrogens with zero attached hydrogens (tertiary/aromatic N) is 2.